The third kappa shape index (κ3) is 2.61. The van der Waals surface area contributed by atoms with Gasteiger partial charge in [0.2, 0.25) is 5.91 Å². The van der Waals surface area contributed by atoms with Crippen LogP contribution in [-0.2, 0) is 11.2 Å². The minimum Gasteiger partial charge on any atom is -0.315 e. The average molecular weight is 319 g/mol. The minimum absolute atomic E-state index is 0.0807. The molecule has 1 atom stereocenters. The average Bonchev–Trinajstić information content (AvgIpc) is 2.83. The number of amides is 1. The molecule has 0 saturated heterocycles. The highest BCUT2D eigenvalue weighted by Gasteiger charge is 2.25. The van der Waals surface area contributed by atoms with Crippen molar-refractivity contribution in [3.63, 3.8) is 0 Å². The van der Waals surface area contributed by atoms with Crippen LogP contribution in [-0.4, -0.2) is 17.7 Å². The summed E-state index contributed by atoms with van der Waals surface area (Å²) in [6, 6.07) is 9.28. The van der Waals surface area contributed by atoms with Crippen LogP contribution in [0.25, 0.3) is 0 Å². The fourth-order valence-electron chi connectivity index (χ4n) is 2.29. The van der Waals surface area contributed by atoms with Crippen LogP contribution in [0.3, 0.4) is 0 Å². The predicted octanol–water partition coefficient (Wildman–Crippen LogP) is 4.14. The van der Waals surface area contributed by atoms with Gasteiger partial charge in [0, 0.05) is 21.0 Å². The zero-order valence-corrected chi connectivity index (χ0v) is 13.4. The van der Waals surface area contributed by atoms with E-state index in [1.54, 1.807) is 18.3 Å². The lowest BCUT2D eigenvalue weighted by atomic mass is 10.0. The van der Waals surface area contributed by atoms with E-state index in [0.717, 1.165) is 28.3 Å². The summed E-state index contributed by atoms with van der Waals surface area (Å²) >= 11 is 7.92. The van der Waals surface area contributed by atoms with E-state index in [1.165, 1.54) is 4.88 Å². The van der Waals surface area contributed by atoms with Crippen LogP contribution in [0.15, 0.2) is 35.3 Å². The number of hydrogen-bond donors (Lipinski definition) is 1. The summed E-state index contributed by atoms with van der Waals surface area (Å²) in [4.78, 5) is 17.9. The van der Waals surface area contributed by atoms with E-state index >= 15 is 0 Å². The highest BCUT2D eigenvalue weighted by atomic mass is 35.5. The first-order valence-corrected chi connectivity index (χ1v) is 8.06. The molecule has 0 saturated carbocycles. The van der Waals surface area contributed by atoms with E-state index in [1.807, 2.05) is 24.3 Å². The molecule has 0 fully saturated rings. The molecular weight excluding hydrogens is 304 g/mol. The van der Waals surface area contributed by atoms with Crippen molar-refractivity contribution in [2.45, 2.75) is 26.3 Å². The number of anilines is 1. The first kappa shape index (κ1) is 14.3. The molecule has 1 N–H and O–H groups in total. The van der Waals surface area contributed by atoms with Gasteiger partial charge in [-0.3, -0.25) is 9.79 Å². The summed E-state index contributed by atoms with van der Waals surface area (Å²) in [7, 11) is 0. The highest BCUT2D eigenvalue weighted by Crippen LogP contribution is 2.34. The maximum absolute atomic E-state index is 12.1. The molecule has 0 aliphatic carbocycles. The second-order valence-corrected chi connectivity index (χ2v) is 6.48. The van der Waals surface area contributed by atoms with Gasteiger partial charge >= 0.3 is 0 Å². The Balaban J connectivity index is 2.22. The molecule has 3 nitrogen and oxygen atoms in total. The molecule has 0 radical (unpaired) electrons. The van der Waals surface area contributed by atoms with E-state index < -0.39 is 6.04 Å². The molecule has 108 valence electrons. The lowest BCUT2D eigenvalue weighted by Crippen LogP contribution is -2.22. The lowest BCUT2D eigenvalue weighted by Gasteiger charge is -2.08. The van der Waals surface area contributed by atoms with E-state index in [4.69, 9.17) is 11.6 Å². The van der Waals surface area contributed by atoms with Gasteiger partial charge in [-0.15, -0.1) is 11.3 Å². The number of carbonyl (C=O) groups excluding carboxylic acids is 1. The van der Waals surface area contributed by atoms with Gasteiger partial charge in [-0.25, -0.2) is 0 Å². The van der Waals surface area contributed by atoms with E-state index in [-0.39, 0.29) is 5.91 Å². The van der Waals surface area contributed by atoms with Gasteiger partial charge < -0.3 is 5.32 Å². The smallest absolute Gasteiger partial charge is 0.249 e. The predicted molar refractivity (Wildman–Crippen MR) is 88.9 cm³/mol. The Bertz CT molecular complexity index is 736. The van der Waals surface area contributed by atoms with Gasteiger partial charge in [-0.05, 0) is 25.5 Å². The number of hydrogen-bond acceptors (Lipinski definition) is 3. The molecule has 1 unspecified atom stereocenters. The van der Waals surface area contributed by atoms with E-state index in [9.17, 15) is 4.79 Å². The van der Waals surface area contributed by atoms with Crippen LogP contribution in [0.1, 0.15) is 29.9 Å². The van der Waals surface area contributed by atoms with Crippen molar-refractivity contribution < 1.29 is 4.79 Å². The van der Waals surface area contributed by atoms with Crippen LogP contribution in [0.5, 0.6) is 0 Å². The van der Waals surface area contributed by atoms with Crippen LogP contribution in [0, 0.1) is 0 Å². The number of aliphatic imine (C=N–C) groups is 1. The van der Waals surface area contributed by atoms with Crippen LogP contribution >= 0.6 is 22.9 Å². The molecule has 3 rings (SSSR count). The monoisotopic (exact) mass is 318 g/mol. The first-order valence-electron chi connectivity index (χ1n) is 6.86. The molecule has 1 aromatic carbocycles. The molecule has 1 aliphatic rings. The van der Waals surface area contributed by atoms with Gasteiger partial charge in [-0.2, -0.15) is 0 Å². The van der Waals surface area contributed by atoms with Crippen molar-refractivity contribution >= 4 is 39.6 Å². The molecule has 21 heavy (non-hydrogen) atoms. The molecular formula is C16H15ClN2OS. The van der Waals surface area contributed by atoms with Crippen molar-refractivity contribution in [3.05, 3.63) is 51.4 Å². The molecule has 2 heterocycles. The van der Waals surface area contributed by atoms with Gasteiger partial charge in [-0.1, -0.05) is 36.7 Å². The van der Waals surface area contributed by atoms with Gasteiger partial charge in [0.05, 0.1) is 5.71 Å². The second-order valence-electron chi connectivity index (χ2n) is 4.93. The van der Waals surface area contributed by atoms with Gasteiger partial charge in [0.15, 0.2) is 0 Å². The number of nitrogens with zero attached hydrogens (tertiary/aromatic N) is 1. The van der Waals surface area contributed by atoms with E-state index in [2.05, 4.69) is 23.3 Å². The topological polar surface area (TPSA) is 41.5 Å². The van der Waals surface area contributed by atoms with Gasteiger partial charge in [0.1, 0.15) is 11.0 Å². The fourth-order valence-corrected chi connectivity index (χ4v) is 3.52. The number of fused-ring (bicyclic) bond motifs is 1. The van der Waals surface area contributed by atoms with Crippen molar-refractivity contribution in [1.82, 2.24) is 0 Å². The Morgan fingerprint density at radius 2 is 2.10 bits per heavy atom. The number of nitrogens with one attached hydrogen (secondary N) is 1. The zero-order chi connectivity index (χ0) is 15.0. The lowest BCUT2D eigenvalue weighted by molar-refractivity contribution is -0.116. The normalized spacial score (nSPS) is 17.8. The maximum atomic E-state index is 12.1. The van der Waals surface area contributed by atoms with Crippen LogP contribution < -0.4 is 5.32 Å². The Hall–Kier alpha value is -1.65. The van der Waals surface area contributed by atoms with Crippen molar-refractivity contribution in [1.29, 1.82) is 0 Å². The highest BCUT2D eigenvalue weighted by molar-refractivity contribution is 7.16. The summed E-state index contributed by atoms with van der Waals surface area (Å²) < 4.78 is 0. The van der Waals surface area contributed by atoms with Crippen molar-refractivity contribution in [3.8, 4) is 0 Å². The maximum Gasteiger partial charge on any atom is 0.249 e. The summed E-state index contributed by atoms with van der Waals surface area (Å²) in [5.74, 6) is -0.0807. The SMILES string of the molecule is CCc1cc2c(s1)NC(=O)C(C)N=C2c1ccccc1Cl. The largest absolute Gasteiger partial charge is 0.315 e. The number of benzene rings is 1. The Kier molecular flexibility index (Phi) is 3.83. The molecule has 5 heteroatoms. The second kappa shape index (κ2) is 5.62. The Morgan fingerprint density at radius 1 is 1.33 bits per heavy atom. The molecule has 0 spiro atoms. The summed E-state index contributed by atoms with van der Waals surface area (Å²) in [6.07, 6.45) is 0.929. The number of carbonyl (C=O) groups is 1. The molecule has 2 aromatic rings. The standard InChI is InChI=1S/C16H15ClN2OS/c1-3-10-8-12-14(11-6-4-5-7-13(11)17)18-9(2)15(20)19-16(12)21-10/h4-9H,3H2,1-2H3,(H,19,20). The first-order chi connectivity index (χ1) is 10.1. The minimum atomic E-state index is -0.430. The van der Waals surface area contributed by atoms with E-state index in [0.29, 0.717) is 5.02 Å². The fraction of sp³-hybridized carbons (Fsp3) is 0.250. The van der Waals surface area contributed by atoms with Crippen molar-refractivity contribution in [2.24, 2.45) is 4.99 Å². The van der Waals surface area contributed by atoms with Crippen LogP contribution in [0.4, 0.5) is 5.00 Å². The number of rotatable bonds is 2. The quantitative estimate of drug-likeness (QED) is 0.888. The third-order valence-electron chi connectivity index (χ3n) is 3.45. The number of thiophene rings is 1. The molecule has 1 amide bonds. The molecule has 0 bridgehead atoms. The number of halogens is 1. The van der Waals surface area contributed by atoms with Gasteiger partial charge in [0.25, 0.3) is 0 Å². The summed E-state index contributed by atoms with van der Waals surface area (Å²) in [5, 5.41) is 4.48. The third-order valence-corrected chi connectivity index (χ3v) is 4.98. The van der Waals surface area contributed by atoms with Crippen LogP contribution in [0.2, 0.25) is 5.02 Å². The Morgan fingerprint density at radius 3 is 2.81 bits per heavy atom. The Labute approximate surface area is 132 Å². The number of aryl methyl sites for hydroxylation is 1. The molecule has 1 aliphatic heterocycles. The summed E-state index contributed by atoms with van der Waals surface area (Å²) in [6.45, 7) is 3.89. The summed E-state index contributed by atoms with van der Waals surface area (Å²) in [5.41, 5.74) is 2.62. The van der Waals surface area contributed by atoms with Crippen molar-refractivity contribution in [2.75, 3.05) is 5.32 Å². The molecule has 1 aromatic heterocycles. The zero-order valence-electron chi connectivity index (χ0n) is 11.8.